The number of amides is 1. The van der Waals surface area contributed by atoms with Gasteiger partial charge in [0.25, 0.3) is 5.91 Å². The lowest BCUT2D eigenvalue weighted by molar-refractivity contribution is -0.110. The monoisotopic (exact) mass is 274 g/mol. The number of hydrogen-bond donors (Lipinski definition) is 1. The molecule has 0 unspecified atom stereocenters. The first-order valence-electron chi connectivity index (χ1n) is 5.59. The third-order valence-corrected chi connectivity index (χ3v) is 3.15. The zero-order chi connectivity index (χ0) is 13.4. The second-order valence-corrected chi connectivity index (χ2v) is 4.46. The average Bonchev–Trinajstić information content (AvgIpc) is 2.72. The number of aromatic nitrogens is 1. The minimum Gasteiger partial charge on any atom is -0.306 e. The lowest BCUT2D eigenvalue weighted by atomic mass is 10.1. The molecule has 19 heavy (non-hydrogen) atoms. The Morgan fingerprint density at radius 2 is 2.11 bits per heavy atom. The van der Waals surface area contributed by atoms with Gasteiger partial charge in [0.2, 0.25) is 0 Å². The summed E-state index contributed by atoms with van der Waals surface area (Å²) in [5, 5.41) is 2.66. The molecule has 0 bridgehead atoms. The van der Waals surface area contributed by atoms with Gasteiger partial charge in [0, 0.05) is 17.3 Å². The molecule has 0 atom stereocenters. The molecule has 0 saturated heterocycles. The van der Waals surface area contributed by atoms with Crippen LogP contribution in [-0.4, -0.2) is 10.9 Å². The van der Waals surface area contributed by atoms with Gasteiger partial charge < -0.3 is 5.32 Å². The number of pyridine rings is 1. The number of rotatable bonds is 1. The third kappa shape index (κ3) is 2.00. The highest BCUT2D eigenvalue weighted by Crippen LogP contribution is 2.32. The van der Waals surface area contributed by atoms with Crippen molar-refractivity contribution >= 4 is 35.0 Å². The fraction of sp³-hybridized carbons (Fsp3) is 0. The Hall–Kier alpha value is -2.20. The second-order valence-electron chi connectivity index (χ2n) is 4.05. The Morgan fingerprint density at radius 3 is 2.95 bits per heavy atom. The van der Waals surface area contributed by atoms with Crippen LogP contribution in [0.2, 0.25) is 5.02 Å². The van der Waals surface area contributed by atoms with E-state index in [-0.39, 0.29) is 16.5 Å². The molecule has 1 amide bonds. The van der Waals surface area contributed by atoms with E-state index in [1.54, 1.807) is 30.5 Å². The summed E-state index contributed by atoms with van der Waals surface area (Å²) in [6, 6.07) is 8.14. The molecule has 0 aliphatic carbocycles. The maximum Gasteiger partial charge on any atom is 0.257 e. The van der Waals surface area contributed by atoms with Crippen LogP contribution in [0.1, 0.15) is 11.1 Å². The van der Waals surface area contributed by atoms with Gasteiger partial charge in [-0.15, -0.1) is 0 Å². The van der Waals surface area contributed by atoms with Crippen LogP contribution in [0.25, 0.3) is 11.6 Å². The molecule has 0 fully saturated rings. The van der Waals surface area contributed by atoms with Crippen molar-refractivity contribution in [1.29, 1.82) is 0 Å². The molecule has 2 heterocycles. The second kappa shape index (κ2) is 4.48. The number of benzene rings is 1. The number of carbonyl (C=O) groups excluding carboxylic acids is 1. The van der Waals surface area contributed by atoms with Gasteiger partial charge in [0.15, 0.2) is 0 Å². The van der Waals surface area contributed by atoms with Crippen LogP contribution in [-0.2, 0) is 4.79 Å². The van der Waals surface area contributed by atoms with Crippen molar-refractivity contribution in [2.75, 3.05) is 5.32 Å². The molecule has 2 aromatic rings. The number of halogens is 2. The summed E-state index contributed by atoms with van der Waals surface area (Å²) >= 11 is 5.72. The Morgan fingerprint density at radius 1 is 1.26 bits per heavy atom. The van der Waals surface area contributed by atoms with Gasteiger partial charge >= 0.3 is 0 Å². The molecule has 94 valence electrons. The summed E-state index contributed by atoms with van der Waals surface area (Å²) in [4.78, 5) is 15.9. The van der Waals surface area contributed by atoms with Crippen LogP contribution in [0.5, 0.6) is 0 Å². The zero-order valence-corrected chi connectivity index (χ0v) is 10.4. The van der Waals surface area contributed by atoms with Crippen molar-refractivity contribution in [3.63, 3.8) is 0 Å². The fourth-order valence-electron chi connectivity index (χ4n) is 1.95. The lowest BCUT2D eigenvalue weighted by Gasteiger charge is -2.01. The van der Waals surface area contributed by atoms with Gasteiger partial charge in [0.05, 0.1) is 10.6 Å². The van der Waals surface area contributed by atoms with E-state index in [9.17, 15) is 9.18 Å². The summed E-state index contributed by atoms with van der Waals surface area (Å²) in [6.45, 7) is 0. The van der Waals surface area contributed by atoms with Crippen LogP contribution < -0.4 is 5.32 Å². The minimum absolute atomic E-state index is 0.0270. The van der Waals surface area contributed by atoms with Crippen molar-refractivity contribution in [2.24, 2.45) is 0 Å². The molecule has 5 heteroatoms. The average molecular weight is 275 g/mol. The van der Waals surface area contributed by atoms with Crippen LogP contribution in [0.15, 0.2) is 36.5 Å². The highest BCUT2D eigenvalue weighted by molar-refractivity contribution is 6.34. The summed E-state index contributed by atoms with van der Waals surface area (Å²) in [7, 11) is 0. The van der Waals surface area contributed by atoms with Gasteiger partial charge in [0.1, 0.15) is 11.6 Å². The number of nitrogens with one attached hydrogen (secondary N) is 1. The smallest absolute Gasteiger partial charge is 0.257 e. The quantitative estimate of drug-likeness (QED) is 0.810. The molecule has 1 aliphatic heterocycles. The normalized spacial score (nSPS) is 15.5. The Balaban J connectivity index is 2.14. The molecule has 1 aromatic heterocycles. The van der Waals surface area contributed by atoms with Crippen molar-refractivity contribution < 1.29 is 9.18 Å². The van der Waals surface area contributed by atoms with Crippen molar-refractivity contribution in [3.8, 4) is 0 Å². The van der Waals surface area contributed by atoms with E-state index in [4.69, 9.17) is 11.6 Å². The van der Waals surface area contributed by atoms with E-state index in [2.05, 4.69) is 10.3 Å². The first-order valence-corrected chi connectivity index (χ1v) is 5.97. The molecule has 1 N–H and O–H groups in total. The predicted molar refractivity (Wildman–Crippen MR) is 72.1 cm³/mol. The third-order valence-electron chi connectivity index (χ3n) is 2.86. The van der Waals surface area contributed by atoms with E-state index in [0.717, 1.165) is 0 Å². The van der Waals surface area contributed by atoms with Gasteiger partial charge in [-0.1, -0.05) is 23.7 Å². The Kier molecular flexibility index (Phi) is 2.80. The standard InChI is InChI=1S/C14H8ClFN2O/c15-11-5-1-3-8(12(11)16)7-10-9-4-2-6-17-13(9)18-14(10)19/h1-7H,(H,17,18,19). The zero-order valence-electron chi connectivity index (χ0n) is 9.65. The van der Waals surface area contributed by atoms with E-state index < -0.39 is 5.82 Å². The van der Waals surface area contributed by atoms with E-state index in [1.165, 1.54) is 12.1 Å². The van der Waals surface area contributed by atoms with E-state index in [1.807, 2.05) is 0 Å². The van der Waals surface area contributed by atoms with Crippen LogP contribution in [0.4, 0.5) is 10.2 Å². The highest BCUT2D eigenvalue weighted by Gasteiger charge is 2.25. The SMILES string of the molecule is O=C1Nc2ncccc2C1=Cc1cccc(Cl)c1F. The van der Waals surface area contributed by atoms with Crippen LogP contribution >= 0.6 is 11.6 Å². The number of carbonyl (C=O) groups is 1. The molecule has 1 aromatic carbocycles. The Bertz CT molecular complexity index is 712. The summed E-state index contributed by atoms with van der Waals surface area (Å²) in [5.41, 5.74) is 1.31. The van der Waals surface area contributed by atoms with Gasteiger partial charge in [-0.3, -0.25) is 4.79 Å². The maximum atomic E-state index is 13.8. The summed E-state index contributed by atoms with van der Waals surface area (Å²) in [6.07, 6.45) is 3.06. The lowest BCUT2D eigenvalue weighted by Crippen LogP contribution is -2.04. The molecule has 3 rings (SSSR count). The highest BCUT2D eigenvalue weighted by atomic mass is 35.5. The predicted octanol–water partition coefficient (Wildman–Crippen LogP) is 3.37. The number of fused-ring (bicyclic) bond motifs is 1. The molecule has 3 nitrogen and oxygen atoms in total. The minimum atomic E-state index is -0.540. The molecular weight excluding hydrogens is 267 g/mol. The van der Waals surface area contributed by atoms with Gasteiger partial charge in [-0.05, 0) is 24.3 Å². The molecule has 1 aliphatic rings. The maximum absolute atomic E-state index is 13.8. The van der Waals surface area contributed by atoms with Crippen LogP contribution in [0, 0.1) is 5.82 Å². The fourth-order valence-corrected chi connectivity index (χ4v) is 2.13. The Labute approximate surface area is 113 Å². The molecule has 0 saturated carbocycles. The molecule has 0 spiro atoms. The van der Waals surface area contributed by atoms with Crippen molar-refractivity contribution in [2.45, 2.75) is 0 Å². The number of anilines is 1. The van der Waals surface area contributed by atoms with E-state index in [0.29, 0.717) is 17.0 Å². The molecular formula is C14H8ClFN2O. The summed E-state index contributed by atoms with van der Waals surface area (Å²) < 4.78 is 13.8. The van der Waals surface area contributed by atoms with Crippen molar-refractivity contribution in [1.82, 2.24) is 4.98 Å². The van der Waals surface area contributed by atoms with Gasteiger partial charge in [-0.2, -0.15) is 0 Å². The van der Waals surface area contributed by atoms with Crippen molar-refractivity contribution in [3.05, 3.63) is 58.5 Å². The largest absolute Gasteiger partial charge is 0.306 e. The topological polar surface area (TPSA) is 42.0 Å². The number of hydrogen-bond acceptors (Lipinski definition) is 2. The van der Waals surface area contributed by atoms with Crippen LogP contribution in [0.3, 0.4) is 0 Å². The first kappa shape index (κ1) is 11.9. The van der Waals surface area contributed by atoms with E-state index >= 15 is 0 Å². The first-order chi connectivity index (χ1) is 9.16. The summed E-state index contributed by atoms with van der Waals surface area (Å²) in [5.74, 6) is -0.351. The van der Waals surface area contributed by atoms with Gasteiger partial charge in [-0.25, -0.2) is 9.37 Å². The number of nitrogens with zero attached hydrogens (tertiary/aromatic N) is 1. The molecule has 0 radical (unpaired) electrons.